The van der Waals surface area contributed by atoms with Crippen LogP contribution in [0.1, 0.15) is 5.56 Å². The number of anilines is 1. The first-order valence-corrected chi connectivity index (χ1v) is 7.19. The van der Waals surface area contributed by atoms with Gasteiger partial charge in [-0.15, -0.1) is 10.2 Å². The highest BCUT2D eigenvalue weighted by atomic mass is 32.2. The Morgan fingerprint density at radius 3 is 2.57 bits per heavy atom. The molecule has 2 amide bonds. The van der Waals surface area contributed by atoms with E-state index in [-0.39, 0.29) is 29.9 Å². The molecular weight excluding hydrogens is 290 g/mol. The fourth-order valence-corrected chi connectivity index (χ4v) is 2.32. The van der Waals surface area contributed by atoms with Crippen molar-refractivity contribution in [3.63, 3.8) is 0 Å². The number of imide groups is 1. The van der Waals surface area contributed by atoms with Crippen molar-refractivity contribution >= 4 is 29.5 Å². The summed E-state index contributed by atoms with van der Waals surface area (Å²) < 4.78 is 1.57. The third-order valence-corrected chi connectivity index (χ3v) is 3.71. The number of thioether (sulfide) groups is 1. The Morgan fingerprint density at radius 1 is 1.24 bits per heavy atom. The molecule has 0 aliphatic heterocycles. The van der Waals surface area contributed by atoms with Gasteiger partial charge in [0.2, 0.25) is 17.8 Å². The highest BCUT2D eigenvalue weighted by molar-refractivity contribution is 7.99. The van der Waals surface area contributed by atoms with E-state index in [1.807, 2.05) is 30.3 Å². The van der Waals surface area contributed by atoms with Gasteiger partial charge in [0.05, 0.1) is 12.2 Å². The Kier molecular flexibility index (Phi) is 4.94. The van der Waals surface area contributed by atoms with Crippen LogP contribution in [0.15, 0.2) is 35.5 Å². The summed E-state index contributed by atoms with van der Waals surface area (Å²) in [5.41, 5.74) is 6.39. The second-order valence-corrected chi connectivity index (χ2v) is 5.26. The standard InChI is InChI=1S/C13H15N5O2S/c1-18-12(14)16-17-13(18)21-8-11(20)15-10(19)7-9-5-3-2-4-6-9/h2-6H,7-8H2,1H3,(H2,14,16)(H,15,19,20). The van der Waals surface area contributed by atoms with Crippen molar-refractivity contribution in [1.29, 1.82) is 0 Å². The zero-order valence-electron chi connectivity index (χ0n) is 11.4. The number of aromatic nitrogens is 3. The molecule has 21 heavy (non-hydrogen) atoms. The predicted molar refractivity (Wildman–Crippen MR) is 79.4 cm³/mol. The summed E-state index contributed by atoms with van der Waals surface area (Å²) in [7, 11) is 1.70. The first-order valence-electron chi connectivity index (χ1n) is 6.20. The molecule has 0 fully saturated rings. The van der Waals surface area contributed by atoms with E-state index < -0.39 is 0 Å². The minimum absolute atomic E-state index is 0.0759. The second kappa shape index (κ2) is 6.89. The molecule has 0 bridgehead atoms. The second-order valence-electron chi connectivity index (χ2n) is 4.32. The van der Waals surface area contributed by atoms with Crippen molar-refractivity contribution in [3.05, 3.63) is 35.9 Å². The van der Waals surface area contributed by atoms with Crippen molar-refractivity contribution < 1.29 is 9.59 Å². The summed E-state index contributed by atoms with van der Waals surface area (Å²) in [5.74, 6) is -0.350. The molecule has 3 N–H and O–H groups in total. The molecule has 7 nitrogen and oxygen atoms in total. The molecule has 2 rings (SSSR count). The molecule has 0 saturated heterocycles. The van der Waals surface area contributed by atoms with E-state index in [0.29, 0.717) is 5.16 Å². The van der Waals surface area contributed by atoms with E-state index in [9.17, 15) is 9.59 Å². The van der Waals surface area contributed by atoms with Crippen LogP contribution in [0.4, 0.5) is 5.95 Å². The minimum atomic E-state index is -0.373. The van der Waals surface area contributed by atoms with Gasteiger partial charge in [0.25, 0.3) is 0 Å². The molecule has 0 saturated carbocycles. The third-order valence-electron chi connectivity index (χ3n) is 2.69. The number of hydrogen-bond acceptors (Lipinski definition) is 6. The van der Waals surface area contributed by atoms with Crippen LogP contribution in [-0.2, 0) is 23.1 Å². The number of rotatable bonds is 5. The van der Waals surface area contributed by atoms with Crippen molar-refractivity contribution in [2.75, 3.05) is 11.5 Å². The maximum absolute atomic E-state index is 11.7. The van der Waals surface area contributed by atoms with Gasteiger partial charge in [-0.05, 0) is 5.56 Å². The number of benzene rings is 1. The average molecular weight is 305 g/mol. The van der Waals surface area contributed by atoms with E-state index in [2.05, 4.69) is 15.5 Å². The summed E-state index contributed by atoms with van der Waals surface area (Å²) in [6.07, 6.45) is 0.175. The van der Waals surface area contributed by atoms with Gasteiger partial charge in [0, 0.05) is 7.05 Å². The average Bonchev–Trinajstić information content (AvgIpc) is 2.77. The molecule has 0 aliphatic carbocycles. The fourth-order valence-electron chi connectivity index (χ4n) is 1.60. The summed E-state index contributed by atoms with van der Waals surface area (Å²) >= 11 is 1.17. The van der Waals surface area contributed by atoms with E-state index in [4.69, 9.17) is 5.73 Å². The zero-order valence-corrected chi connectivity index (χ0v) is 12.3. The van der Waals surface area contributed by atoms with Crippen LogP contribution >= 0.6 is 11.8 Å². The largest absolute Gasteiger partial charge is 0.368 e. The molecule has 110 valence electrons. The maximum atomic E-state index is 11.7. The van der Waals surface area contributed by atoms with Crippen LogP contribution in [0.3, 0.4) is 0 Å². The van der Waals surface area contributed by atoms with Gasteiger partial charge < -0.3 is 5.73 Å². The molecule has 8 heteroatoms. The lowest BCUT2D eigenvalue weighted by atomic mass is 10.1. The van der Waals surface area contributed by atoms with E-state index in [1.54, 1.807) is 11.6 Å². The van der Waals surface area contributed by atoms with E-state index in [0.717, 1.165) is 5.56 Å². The first-order chi connectivity index (χ1) is 10.1. The van der Waals surface area contributed by atoms with Crippen LogP contribution in [0.5, 0.6) is 0 Å². The lowest BCUT2D eigenvalue weighted by molar-refractivity contribution is -0.128. The van der Waals surface area contributed by atoms with Gasteiger partial charge in [0.15, 0.2) is 5.16 Å². The lowest BCUT2D eigenvalue weighted by Crippen LogP contribution is -2.33. The van der Waals surface area contributed by atoms with Gasteiger partial charge in [-0.25, -0.2) is 0 Å². The monoisotopic (exact) mass is 305 g/mol. The summed E-state index contributed by atoms with van der Waals surface area (Å²) in [6, 6.07) is 9.23. The number of nitrogens with one attached hydrogen (secondary N) is 1. The third kappa shape index (κ3) is 4.32. The minimum Gasteiger partial charge on any atom is -0.368 e. The molecule has 0 atom stereocenters. The van der Waals surface area contributed by atoms with Crippen LogP contribution in [0, 0.1) is 0 Å². The number of nitrogens with zero attached hydrogens (tertiary/aromatic N) is 3. The molecule has 1 aromatic heterocycles. The molecule has 1 heterocycles. The molecule has 1 aromatic carbocycles. The topological polar surface area (TPSA) is 103 Å². The Hall–Kier alpha value is -2.35. The number of nitrogens with two attached hydrogens (primary N) is 1. The van der Waals surface area contributed by atoms with E-state index in [1.165, 1.54) is 11.8 Å². The number of hydrogen-bond donors (Lipinski definition) is 2. The smallest absolute Gasteiger partial charge is 0.237 e. The molecule has 0 aliphatic rings. The molecule has 0 unspecified atom stereocenters. The highest BCUT2D eigenvalue weighted by Crippen LogP contribution is 2.15. The summed E-state index contributed by atoms with van der Waals surface area (Å²) in [4.78, 5) is 23.4. The van der Waals surface area contributed by atoms with Crippen molar-refractivity contribution in [1.82, 2.24) is 20.1 Å². The summed E-state index contributed by atoms with van der Waals surface area (Å²) in [6.45, 7) is 0. The van der Waals surface area contributed by atoms with Crippen molar-refractivity contribution in [2.45, 2.75) is 11.6 Å². The van der Waals surface area contributed by atoms with Gasteiger partial charge >= 0.3 is 0 Å². The Balaban J connectivity index is 1.79. The van der Waals surface area contributed by atoms with Gasteiger partial charge in [-0.3, -0.25) is 19.5 Å². The van der Waals surface area contributed by atoms with Gasteiger partial charge in [-0.1, -0.05) is 42.1 Å². The number of nitrogen functional groups attached to an aromatic ring is 1. The SMILES string of the molecule is Cn1c(N)nnc1SCC(=O)NC(=O)Cc1ccccc1. The van der Waals surface area contributed by atoms with Crippen LogP contribution < -0.4 is 11.1 Å². The van der Waals surface area contributed by atoms with Crippen LogP contribution in [0.2, 0.25) is 0 Å². The van der Waals surface area contributed by atoms with Crippen molar-refractivity contribution in [3.8, 4) is 0 Å². The van der Waals surface area contributed by atoms with Crippen LogP contribution in [0.25, 0.3) is 0 Å². The number of carbonyl (C=O) groups is 2. The van der Waals surface area contributed by atoms with Gasteiger partial charge in [0.1, 0.15) is 0 Å². The maximum Gasteiger partial charge on any atom is 0.237 e. The Morgan fingerprint density at radius 2 is 1.95 bits per heavy atom. The Labute approximate surface area is 125 Å². The highest BCUT2D eigenvalue weighted by Gasteiger charge is 2.12. The molecule has 0 spiro atoms. The molecule has 0 radical (unpaired) electrons. The first kappa shape index (κ1) is 15.0. The fraction of sp³-hybridized carbons (Fsp3) is 0.231. The molecular formula is C13H15N5O2S. The Bertz CT molecular complexity index is 641. The van der Waals surface area contributed by atoms with E-state index >= 15 is 0 Å². The lowest BCUT2D eigenvalue weighted by Gasteiger charge is -2.04. The predicted octanol–water partition coefficient (Wildman–Crippen LogP) is 0.375. The zero-order chi connectivity index (χ0) is 15.2. The number of amides is 2. The summed E-state index contributed by atoms with van der Waals surface area (Å²) in [5, 5.41) is 10.4. The molecule has 2 aromatic rings. The van der Waals surface area contributed by atoms with Crippen LogP contribution in [-0.4, -0.2) is 32.3 Å². The van der Waals surface area contributed by atoms with Gasteiger partial charge in [-0.2, -0.15) is 0 Å². The quantitative estimate of drug-likeness (QED) is 0.774. The van der Waals surface area contributed by atoms with Crippen molar-refractivity contribution in [2.24, 2.45) is 7.05 Å². The number of carbonyl (C=O) groups excluding carboxylic acids is 2. The normalized spacial score (nSPS) is 10.3.